The van der Waals surface area contributed by atoms with Crippen molar-refractivity contribution in [2.75, 3.05) is 6.26 Å². The maximum Gasteiger partial charge on any atom is 0.254 e. The third-order valence-electron chi connectivity index (χ3n) is 3.41. The Labute approximate surface area is 111 Å². The second kappa shape index (κ2) is 6.23. The van der Waals surface area contributed by atoms with Gasteiger partial charge in [-0.05, 0) is 37.7 Å². The van der Waals surface area contributed by atoms with E-state index in [0.29, 0.717) is 5.25 Å². The van der Waals surface area contributed by atoms with Gasteiger partial charge in [0, 0.05) is 11.3 Å². The predicted molar refractivity (Wildman–Crippen MR) is 73.4 cm³/mol. The lowest BCUT2D eigenvalue weighted by Crippen LogP contribution is -2.39. The van der Waals surface area contributed by atoms with E-state index >= 15 is 0 Å². The van der Waals surface area contributed by atoms with Gasteiger partial charge in [-0.3, -0.25) is 4.79 Å². The second-order valence-corrected chi connectivity index (χ2v) is 5.81. The average molecular weight is 267 g/mol. The van der Waals surface area contributed by atoms with Gasteiger partial charge in [0.25, 0.3) is 5.91 Å². The van der Waals surface area contributed by atoms with E-state index in [-0.39, 0.29) is 17.5 Å². The lowest BCUT2D eigenvalue weighted by atomic mass is 9.94. The Balaban J connectivity index is 1.97. The smallest absolute Gasteiger partial charge is 0.254 e. The highest BCUT2D eigenvalue weighted by Crippen LogP contribution is 2.27. The van der Waals surface area contributed by atoms with Crippen molar-refractivity contribution in [3.63, 3.8) is 0 Å². The summed E-state index contributed by atoms with van der Waals surface area (Å²) < 4.78 is 13.5. The molecular weight excluding hydrogens is 249 g/mol. The third-order valence-corrected chi connectivity index (χ3v) is 4.51. The number of benzene rings is 1. The van der Waals surface area contributed by atoms with Crippen LogP contribution in [0.5, 0.6) is 0 Å². The van der Waals surface area contributed by atoms with Crippen LogP contribution >= 0.6 is 11.8 Å². The van der Waals surface area contributed by atoms with Crippen molar-refractivity contribution in [1.82, 2.24) is 5.32 Å². The van der Waals surface area contributed by atoms with Crippen molar-refractivity contribution in [3.05, 3.63) is 35.6 Å². The van der Waals surface area contributed by atoms with Gasteiger partial charge in [0.15, 0.2) is 0 Å². The zero-order chi connectivity index (χ0) is 13.0. The molecule has 2 nitrogen and oxygen atoms in total. The number of carbonyl (C=O) groups is 1. The maximum absolute atomic E-state index is 13.5. The van der Waals surface area contributed by atoms with Crippen molar-refractivity contribution in [2.24, 2.45) is 0 Å². The van der Waals surface area contributed by atoms with E-state index in [1.54, 1.807) is 12.1 Å². The van der Waals surface area contributed by atoms with Crippen LogP contribution in [0.1, 0.15) is 36.0 Å². The van der Waals surface area contributed by atoms with Crippen LogP contribution in [-0.4, -0.2) is 23.5 Å². The van der Waals surface area contributed by atoms with Gasteiger partial charge in [-0.1, -0.05) is 18.6 Å². The van der Waals surface area contributed by atoms with Crippen molar-refractivity contribution < 1.29 is 9.18 Å². The average Bonchev–Trinajstić information content (AvgIpc) is 2.39. The predicted octanol–water partition coefficient (Wildman–Crippen LogP) is 3.23. The van der Waals surface area contributed by atoms with E-state index in [2.05, 4.69) is 11.6 Å². The largest absolute Gasteiger partial charge is 0.349 e. The van der Waals surface area contributed by atoms with Crippen LogP contribution in [-0.2, 0) is 0 Å². The number of rotatable bonds is 3. The third kappa shape index (κ3) is 3.25. The molecule has 0 radical (unpaired) electrons. The van der Waals surface area contributed by atoms with Gasteiger partial charge in [0.1, 0.15) is 5.82 Å². The van der Waals surface area contributed by atoms with Gasteiger partial charge in [-0.25, -0.2) is 4.39 Å². The lowest BCUT2D eigenvalue weighted by molar-refractivity contribution is 0.0924. The molecule has 1 aliphatic rings. The fourth-order valence-corrected chi connectivity index (χ4v) is 3.23. The standard InChI is InChI=1S/C14H18FNOS/c1-18-11-6-4-5-10(9-11)16-14(17)12-7-2-3-8-13(12)15/h2-3,7-8,10-11H,4-6,9H2,1H3,(H,16,17). The highest BCUT2D eigenvalue weighted by molar-refractivity contribution is 7.99. The molecule has 1 aromatic rings. The van der Waals surface area contributed by atoms with E-state index in [4.69, 9.17) is 0 Å². The molecule has 0 bridgehead atoms. The number of thioether (sulfide) groups is 1. The van der Waals surface area contributed by atoms with E-state index < -0.39 is 5.82 Å². The molecule has 1 saturated carbocycles. The Hall–Kier alpha value is -1.03. The normalized spacial score (nSPS) is 23.7. The van der Waals surface area contributed by atoms with Gasteiger partial charge in [-0.2, -0.15) is 11.8 Å². The fraction of sp³-hybridized carbons (Fsp3) is 0.500. The summed E-state index contributed by atoms with van der Waals surface area (Å²) in [6, 6.07) is 6.31. The molecule has 1 amide bonds. The number of halogens is 1. The van der Waals surface area contributed by atoms with Gasteiger partial charge in [-0.15, -0.1) is 0 Å². The molecule has 1 aromatic carbocycles. The van der Waals surface area contributed by atoms with Crippen LogP contribution in [0.25, 0.3) is 0 Å². The Morgan fingerprint density at radius 2 is 2.17 bits per heavy atom. The summed E-state index contributed by atoms with van der Waals surface area (Å²) in [5.74, 6) is -0.743. The molecule has 0 saturated heterocycles. The van der Waals surface area contributed by atoms with Crippen LogP contribution < -0.4 is 5.32 Å². The maximum atomic E-state index is 13.5. The second-order valence-electron chi connectivity index (χ2n) is 4.67. The summed E-state index contributed by atoms with van der Waals surface area (Å²) in [5.41, 5.74) is 0.142. The van der Waals surface area contributed by atoms with Crippen molar-refractivity contribution >= 4 is 17.7 Å². The molecule has 2 rings (SSSR count). The SMILES string of the molecule is CSC1CCCC(NC(=O)c2ccccc2F)C1. The van der Waals surface area contributed by atoms with Crippen molar-refractivity contribution in [1.29, 1.82) is 0 Å². The number of nitrogens with one attached hydrogen (secondary N) is 1. The first-order valence-electron chi connectivity index (χ1n) is 6.29. The summed E-state index contributed by atoms with van der Waals surface area (Å²) in [6.45, 7) is 0. The molecule has 0 aliphatic heterocycles. The molecule has 18 heavy (non-hydrogen) atoms. The molecule has 2 atom stereocenters. The van der Waals surface area contributed by atoms with Crippen molar-refractivity contribution in [2.45, 2.75) is 37.0 Å². The Bertz CT molecular complexity index is 424. The molecule has 0 aromatic heterocycles. The van der Waals surface area contributed by atoms with Crippen LogP contribution in [0.2, 0.25) is 0 Å². The summed E-state index contributed by atoms with van der Waals surface area (Å²) in [4.78, 5) is 12.0. The molecule has 1 fully saturated rings. The summed E-state index contributed by atoms with van der Waals surface area (Å²) in [7, 11) is 0. The van der Waals surface area contributed by atoms with E-state index in [0.717, 1.165) is 19.3 Å². The minimum Gasteiger partial charge on any atom is -0.349 e. The van der Waals surface area contributed by atoms with E-state index in [1.807, 2.05) is 11.8 Å². The molecule has 0 heterocycles. The summed E-state index contributed by atoms with van der Waals surface area (Å²) >= 11 is 1.85. The van der Waals surface area contributed by atoms with Crippen LogP contribution in [0.15, 0.2) is 24.3 Å². The van der Waals surface area contributed by atoms with Gasteiger partial charge in [0.05, 0.1) is 5.56 Å². The Morgan fingerprint density at radius 1 is 1.39 bits per heavy atom. The first kappa shape index (κ1) is 13.4. The molecule has 1 N–H and O–H groups in total. The van der Waals surface area contributed by atoms with Crippen LogP contribution in [0.4, 0.5) is 4.39 Å². The summed E-state index contributed by atoms with van der Waals surface area (Å²) in [6.07, 6.45) is 6.44. The molecular formula is C14H18FNOS. The minimum atomic E-state index is -0.452. The van der Waals surface area contributed by atoms with E-state index in [9.17, 15) is 9.18 Å². The quantitative estimate of drug-likeness (QED) is 0.911. The Kier molecular flexibility index (Phi) is 4.64. The fourth-order valence-electron chi connectivity index (χ4n) is 2.40. The highest BCUT2D eigenvalue weighted by atomic mass is 32.2. The number of amides is 1. The highest BCUT2D eigenvalue weighted by Gasteiger charge is 2.23. The topological polar surface area (TPSA) is 29.1 Å². The minimum absolute atomic E-state index is 0.142. The molecule has 0 spiro atoms. The van der Waals surface area contributed by atoms with Crippen LogP contribution in [0.3, 0.4) is 0 Å². The Morgan fingerprint density at radius 3 is 2.89 bits per heavy atom. The number of carbonyl (C=O) groups excluding carboxylic acids is 1. The molecule has 4 heteroatoms. The zero-order valence-corrected chi connectivity index (χ0v) is 11.3. The summed E-state index contributed by atoms with van der Waals surface area (Å²) in [5, 5.41) is 3.56. The number of hydrogen-bond acceptors (Lipinski definition) is 2. The monoisotopic (exact) mass is 267 g/mol. The molecule has 1 aliphatic carbocycles. The zero-order valence-electron chi connectivity index (χ0n) is 10.5. The van der Waals surface area contributed by atoms with Crippen LogP contribution in [0, 0.1) is 5.82 Å². The molecule has 2 unspecified atom stereocenters. The van der Waals surface area contributed by atoms with Gasteiger partial charge >= 0.3 is 0 Å². The molecule has 98 valence electrons. The lowest BCUT2D eigenvalue weighted by Gasteiger charge is -2.28. The first-order chi connectivity index (χ1) is 8.70. The van der Waals surface area contributed by atoms with Gasteiger partial charge in [0.2, 0.25) is 0 Å². The number of hydrogen-bond donors (Lipinski definition) is 1. The van der Waals surface area contributed by atoms with Crippen molar-refractivity contribution in [3.8, 4) is 0 Å². The first-order valence-corrected chi connectivity index (χ1v) is 7.57. The van der Waals surface area contributed by atoms with E-state index in [1.165, 1.54) is 18.6 Å². The van der Waals surface area contributed by atoms with Gasteiger partial charge < -0.3 is 5.32 Å².